The summed E-state index contributed by atoms with van der Waals surface area (Å²) >= 11 is 0. The second-order valence-corrected chi connectivity index (χ2v) is 3.11. The zero-order chi connectivity index (χ0) is 10.7. The molecule has 0 aliphatic carbocycles. The summed E-state index contributed by atoms with van der Waals surface area (Å²) in [7, 11) is 0. The summed E-state index contributed by atoms with van der Waals surface area (Å²) in [6.45, 7) is 1.91. The molecule has 0 aliphatic rings. The number of nitrogens with zero attached hydrogens (tertiary/aromatic N) is 2. The lowest BCUT2D eigenvalue weighted by Gasteiger charge is -2.10. The predicted molar refractivity (Wildman–Crippen MR) is 52.7 cm³/mol. The van der Waals surface area contributed by atoms with E-state index in [4.69, 9.17) is 4.42 Å². The maximum absolute atomic E-state index is 12.5. The van der Waals surface area contributed by atoms with Crippen LogP contribution < -0.4 is 5.32 Å². The highest BCUT2D eigenvalue weighted by molar-refractivity contribution is 5.26. The van der Waals surface area contributed by atoms with E-state index < -0.39 is 5.82 Å². The van der Waals surface area contributed by atoms with Crippen molar-refractivity contribution < 1.29 is 8.81 Å². The summed E-state index contributed by atoms with van der Waals surface area (Å²) < 4.78 is 17.7. The minimum atomic E-state index is -0.453. The van der Waals surface area contributed by atoms with Crippen LogP contribution in [0.3, 0.4) is 0 Å². The molecule has 5 heteroatoms. The molecule has 2 rings (SSSR count). The van der Waals surface area contributed by atoms with Gasteiger partial charge in [-0.1, -0.05) is 0 Å². The van der Waals surface area contributed by atoms with Crippen LogP contribution in [0.2, 0.25) is 0 Å². The fourth-order valence-electron chi connectivity index (χ4n) is 1.19. The Bertz CT molecular complexity index is 413. The normalized spacial score (nSPS) is 12.4. The van der Waals surface area contributed by atoms with Gasteiger partial charge in [0.25, 0.3) is 0 Å². The molecule has 1 unspecified atom stereocenters. The molecule has 0 bridgehead atoms. The first-order valence-electron chi connectivity index (χ1n) is 4.53. The fraction of sp³-hybridized carbons (Fsp3) is 0.200. The van der Waals surface area contributed by atoms with Gasteiger partial charge in [0.2, 0.25) is 5.95 Å². The van der Waals surface area contributed by atoms with E-state index in [1.807, 2.05) is 13.0 Å². The molecular weight excluding hydrogens is 197 g/mol. The molecule has 0 spiro atoms. The van der Waals surface area contributed by atoms with Crippen LogP contribution in [0.15, 0.2) is 35.2 Å². The topological polar surface area (TPSA) is 51.0 Å². The molecule has 15 heavy (non-hydrogen) atoms. The van der Waals surface area contributed by atoms with Crippen molar-refractivity contribution in [2.45, 2.75) is 13.0 Å². The summed E-state index contributed by atoms with van der Waals surface area (Å²) in [6.07, 6.45) is 3.83. The Labute approximate surface area is 86.2 Å². The maximum Gasteiger partial charge on any atom is 0.223 e. The zero-order valence-electron chi connectivity index (χ0n) is 8.14. The van der Waals surface area contributed by atoms with Crippen LogP contribution in [0.25, 0.3) is 0 Å². The molecule has 1 N–H and O–H groups in total. The standard InChI is InChI=1S/C10H10FN3O/c1-7(9-3-2-4-15-9)14-10-12-5-8(11)6-13-10/h2-7H,1H3,(H,12,13,14). The second-order valence-electron chi connectivity index (χ2n) is 3.11. The van der Waals surface area contributed by atoms with Gasteiger partial charge in [-0.05, 0) is 19.1 Å². The summed E-state index contributed by atoms with van der Waals surface area (Å²) in [5.74, 6) is 0.703. The van der Waals surface area contributed by atoms with E-state index in [1.165, 1.54) is 0 Å². The van der Waals surface area contributed by atoms with Gasteiger partial charge < -0.3 is 9.73 Å². The fourth-order valence-corrected chi connectivity index (χ4v) is 1.19. The molecule has 0 saturated heterocycles. The van der Waals surface area contributed by atoms with Crippen LogP contribution in [0, 0.1) is 5.82 Å². The molecule has 0 saturated carbocycles. The van der Waals surface area contributed by atoms with Crippen molar-refractivity contribution in [1.82, 2.24) is 9.97 Å². The van der Waals surface area contributed by atoms with Crippen LogP contribution in [0.4, 0.5) is 10.3 Å². The molecule has 1 atom stereocenters. The van der Waals surface area contributed by atoms with Crippen molar-refractivity contribution in [2.24, 2.45) is 0 Å². The van der Waals surface area contributed by atoms with Crippen molar-refractivity contribution in [3.63, 3.8) is 0 Å². The molecule has 0 amide bonds. The Kier molecular flexibility index (Phi) is 2.62. The minimum Gasteiger partial charge on any atom is -0.467 e. The quantitative estimate of drug-likeness (QED) is 0.839. The van der Waals surface area contributed by atoms with Crippen LogP contribution in [-0.2, 0) is 0 Å². The largest absolute Gasteiger partial charge is 0.467 e. The number of hydrogen-bond donors (Lipinski definition) is 1. The molecule has 2 aromatic heterocycles. The summed E-state index contributed by atoms with van der Waals surface area (Å²) in [4.78, 5) is 7.58. The number of anilines is 1. The lowest BCUT2D eigenvalue weighted by atomic mass is 10.2. The molecule has 2 heterocycles. The van der Waals surface area contributed by atoms with Crippen molar-refractivity contribution in [2.75, 3.05) is 5.32 Å². The maximum atomic E-state index is 12.5. The van der Waals surface area contributed by atoms with E-state index in [2.05, 4.69) is 15.3 Å². The average molecular weight is 207 g/mol. The Morgan fingerprint density at radius 3 is 2.73 bits per heavy atom. The third kappa shape index (κ3) is 2.31. The lowest BCUT2D eigenvalue weighted by Crippen LogP contribution is -2.08. The van der Waals surface area contributed by atoms with Crippen molar-refractivity contribution in [3.8, 4) is 0 Å². The van der Waals surface area contributed by atoms with Gasteiger partial charge in [0.1, 0.15) is 5.76 Å². The second kappa shape index (κ2) is 4.08. The minimum absolute atomic E-state index is 0.0505. The predicted octanol–water partition coefficient (Wildman–Crippen LogP) is 2.38. The number of aromatic nitrogens is 2. The molecule has 0 fully saturated rings. The smallest absolute Gasteiger partial charge is 0.223 e. The highest BCUT2D eigenvalue weighted by Gasteiger charge is 2.08. The van der Waals surface area contributed by atoms with Crippen LogP contribution in [-0.4, -0.2) is 9.97 Å². The summed E-state index contributed by atoms with van der Waals surface area (Å²) in [6, 6.07) is 3.60. The van der Waals surface area contributed by atoms with Gasteiger partial charge in [0, 0.05) is 0 Å². The molecule has 0 radical (unpaired) electrons. The van der Waals surface area contributed by atoms with E-state index in [0.717, 1.165) is 18.2 Å². The number of halogens is 1. The number of nitrogens with one attached hydrogen (secondary N) is 1. The summed E-state index contributed by atoms with van der Waals surface area (Å²) in [5, 5.41) is 2.99. The van der Waals surface area contributed by atoms with Crippen LogP contribution in [0.1, 0.15) is 18.7 Å². The Morgan fingerprint density at radius 1 is 1.40 bits per heavy atom. The number of hydrogen-bond acceptors (Lipinski definition) is 4. The van der Waals surface area contributed by atoms with Gasteiger partial charge in [-0.15, -0.1) is 0 Å². The third-order valence-corrected chi connectivity index (χ3v) is 1.94. The summed E-state index contributed by atoms with van der Waals surface area (Å²) in [5.41, 5.74) is 0. The van der Waals surface area contributed by atoms with Gasteiger partial charge >= 0.3 is 0 Å². The molecule has 4 nitrogen and oxygen atoms in total. The van der Waals surface area contributed by atoms with Crippen molar-refractivity contribution in [3.05, 3.63) is 42.4 Å². The van der Waals surface area contributed by atoms with Gasteiger partial charge in [-0.25, -0.2) is 14.4 Å². The number of furan rings is 1. The average Bonchev–Trinajstić information content (AvgIpc) is 2.74. The van der Waals surface area contributed by atoms with Gasteiger partial charge in [-0.2, -0.15) is 0 Å². The first kappa shape index (κ1) is 9.64. The van der Waals surface area contributed by atoms with Crippen LogP contribution in [0.5, 0.6) is 0 Å². The SMILES string of the molecule is CC(Nc1ncc(F)cn1)c1ccco1. The highest BCUT2D eigenvalue weighted by Crippen LogP contribution is 2.16. The van der Waals surface area contributed by atoms with E-state index in [-0.39, 0.29) is 6.04 Å². The molecular formula is C10H10FN3O. The zero-order valence-corrected chi connectivity index (χ0v) is 8.14. The molecule has 0 aromatic carbocycles. The molecule has 2 aromatic rings. The third-order valence-electron chi connectivity index (χ3n) is 1.94. The number of rotatable bonds is 3. The van der Waals surface area contributed by atoms with E-state index in [0.29, 0.717) is 5.95 Å². The van der Waals surface area contributed by atoms with E-state index >= 15 is 0 Å². The Balaban J connectivity index is 2.06. The first-order valence-corrected chi connectivity index (χ1v) is 4.53. The highest BCUT2D eigenvalue weighted by atomic mass is 19.1. The van der Waals surface area contributed by atoms with Gasteiger partial charge in [0.15, 0.2) is 5.82 Å². The van der Waals surface area contributed by atoms with Crippen molar-refractivity contribution in [1.29, 1.82) is 0 Å². The Hall–Kier alpha value is -1.91. The van der Waals surface area contributed by atoms with Gasteiger partial charge in [-0.3, -0.25) is 0 Å². The molecule has 78 valence electrons. The Morgan fingerprint density at radius 2 is 2.13 bits per heavy atom. The lowest BCUT2D eigenvalue weighted by molar-refractivity contribution is 0.489. The van der Waals surface area contributed by atoms with Crippen molar-refractivity contribution >= 4 is 5.95 Å². The molecule has 0 aliphatic heterocycles. The van der Waals surface area contributed by atoms with E-state index in [9.17, 15) is 4.39 Å². The van der Waals surface area contributed by atoms with Crippen LogP contribution >= 0.6 is 0 Å². The van der Waals surface area contributed by atoms with Gasteiger partial charge in [0.05, 0.1) is 24.7 Å². The monoisotopic (exact) mass is 207 g/mol. The van der Waals surface area contributed by atoms with E-state index in [1.54, 1.807) is 12.3 Å². The first-order chi connectivity index (χ1) is 7.25.